The Labute approximate surface area is 146 Å². The van der Waals surface area contributed by atoms with Crippen LogP contribution in [0.15, 0.2) is 29.2 Å². The maximum Gasteiger partial charge on any atom is 0.236 e. The lowest BCUT2D eigenvalue weighted by Gasteiger charge is -2.30. The van der Waals surface area contributed by atoms with Crippen LogP contribution in [0.5, 0.6) is 0 Å². The van der Waals surface area contributed by atoms with Crippen LogP contribution in [-0.4, -0.2) is 39.5 Å². The van der Waals surface area contributed by atoms with E-state index in [9.17, 15) is 8.42 Å². The van der Waals surface area contributed by atoms with Gasteiger partial charge in [0.25, 0.3) is 0 Å². The molecule has 0 bridgehead atoms. The van der Waals surface area contributed by atoms with Gasteiger partial charge in [-0.2, -0.15) is 0 Å². The summed E-state index contributed by atoms with van der Waals surface area (Å²) in [5.41, 5.74) is 2.27. The van der Waals surface area contributed by atoms with Crippen molar-refractivity contribution in [2.24, 2.45) is 5.92 Å². The summed E-state index contributed by atoms with van der Waals surface area (Å²) in [6, 6.07) is 8.02. The van der Waals surface area contributed by atoms with E-state index >= 15 is 0 Å². The van der Waals surface area contributed by atoms with E-state index in [4.69, 9.17) is 0 Å². The molecule has 0 unspecified atom stereocenters. The van der Waals surface area contributed by atoms with Crippen molar-refractivity contribution in [1.29, 1.82) is 0 Å². The van der Waals surface area contributed by atoms with Gasteiger partial charge in [-0.05, 0) is 68.3 Å². The first-order chi connectivity index (χ1) is 11.5. The molecule has 2 aliphatic rings. The smallest absolute Gasteiger partial charge is 0.236 e. The molecule has 0 saturated carbocycles. The Morgan fingerprint density at radius 3 is 2.92 bits per heavy atom. The van der Waals surface area contributed by atoms with Crippen LogP contribution in [-0.2, 0) is 16.4 Å². The number of fused-ring (bicyclic) bond motifs is 1. The number of aryl methyl sites for hydroxylation is 1. The van der Waals surface area contributed by atoms with Gasteiger partial charge in [-0.3, -0.25) is 0 Å². The maximum absolute atomic E-state index is 12.5. The largest absolute Gasteiger partial charge is 0.303 e. The van der Waals surface area contributed by atoms with Crippen molar-refractivity contribution in [3.05, 3.63) is 40.3 Å². The molecule has 132 valence electrons. The number of allylic oxidation sites excluding steroid dienone is 1. The van der Waals surface area contributed by atoms with Crippen LogP contribution in [0.3, 0.4) is 0 Å². The average molecular weight is 349 g/mol. The summed E-state index contributed by atoms with van der Waals surface area (Å²) >= 11 is 0. The lowest BCUT2D eigenvalue weighted by molar-refractivity contribution is 0.182. The minimum atomic E-state index is -3.35. The van der Waals surface area contributed by atoms with Gasteiger partial charge in [0, 0.05) is 13.1 Å². The molecule has 1 aromatic rings. The second-order valence-corrected chi connectivity index (χ2v) is 8.93. The van der Waals surface area contributed by atoms with Crippen molar-refractivity contribution in [2.45, 2.75) is 39.0 Å². The van der Waals surface area contributed by atoms with Gasteiger partial charge < -0.3 is 4.90 Å². The Morgan fingerprint density at radius 1 is 1.25 bits per heavy atom. The molecule has 1 heterocycles. The summed E-state index contributed by atoms with van der Waals surface area (Å²) in [6.07, 6.45) is 6.67. The molecule has 4 nitrogen and oxygen atoms in total. The molecular weight excluding hydrogens is 320 g/mol. The van der Waals surface area contributed by atoms with E-state index in [1.165, 1.54) is 18.4 Å². The summed E-state index contributed by atoms with van der Waals surface area (Å²) in [6.45, 7) is 6.09. The van der Waals surface area contributed by atoms with Crippen molar-refractivity contribution in [1.82, 2.24) is 9.62 Å². The number of benzene rings is 1. The second-order valence-electron chi connectivity index (χ2n) is 7.11. The fourth-order valence-corrected chi connectivity index (χ4v) is 4.96. The lowest BCUT2D eigenvalue weighted by Crippen LogP contribution is -2.36. The zero-order valence-electron chi connectivity index (χ0n) is 14.5. The number of rotatable bonds is 6. The molecule has 5 heteroatoms. The topological polar surface area (TPSA) is 49.4 Å². The van der Waals surface area contributed by atoms with Crippen LogP contribution in [0.1, 0.15) is 43.7 Å². The van der Waals surface area contributed by atoms with E-state index < -0.39 is 10.0 Å². The molecule has 1 aliphatic carbocycles. The van der Waals surface area contributed by atoms with Crippen molar-refractivity contribution >= 4 is 16.1 Å². The van der Waals surface area contributed by atoms with Gasteiger partial charge in [0.1, 0.15) is 0 Å². The summed E-state index contributed by atoms with van der Waals surface area (Å²) in [7, 11) is -3.35. The highest BCUT2D eigenvalue weighted by Crippen LogP contribution is 2.26. The number of piperidine rings is 1. The zero-order valence-corrected chi connectivity index (χ0v) is 15.3. The number of sulfonamides is 1. The number of likely N-dealkylation sites (tertiary alicyclic amines) is 1. The van der Waals surface area contributed by atoms with Gasteiger partial charge in [-0.25, -0.2) is 13.1 Å². The van der Waals surface area contributed by atoms with Crippen LogP contribution in [0.25, 0.3) is 6.08 Å². The fraction of sp³-hybridized carbons (Fsp3) is 0.579. The minimum Gasteiger partial charge on any atom is -0.303 e. The number of hydrogen-bond acceptors (Lipinski definition) is 3. The first-order valence-corrected chi connectivity index (χ1v) is 10.5. The molecule has 24 heavy (non-hydrogen) atoms. The molecule has 0 amide bonds. The van der Waals surface area contributed by atoms with E-state index in [-0.39, 0.29) is 0 Å². The molecule has 1 fully saturated rings. The number of hydrogen-bond donors (Lipinski definition) is 1. The predicted octanol–water partition coefficient (Wildman–Crippen LogP) is 3.02. The Bertz CT molecular complexity index is 697. The summed E-state index contributed by atoms with van der Waals surface area (Å²) in [4.78, 5) is 2.98. The quantitative estimate of drug-likeness (QED) is 0.804. The first-order valence-electron chi connectivity index (χ1n) is 9.05. The molecule has 1 aliphatic heterocycles. The Morgan fingerprint density at radius 2 is 2.08 bits per heavy atom. The van der Waals surface area contributed by atoms with Crippen LogP contribution < -0.4 is 4.72 Å². The van der Waals surface area contributed by atoms with E-state index in [1.54, 1.807) is 0 Å². The maximum atomic E-state index is 12.5. The fourth-order valence-electron chi connectivity index (χ4n) is 3.71. The van der Waals surface area contributed by atoms with Gasteiger partial charge in [0.2, 0.25) is 10.0 Å². The molecule has 0 radical (unpaired) electrons. The van der Waals surface area contributed by atoms with E-state index in [2.05, 4.69) is 22.6 Å². The minimum absolute atomic E-state index is 0.520. The van der Waals surface area contributed by atoms with Gasteiger partial charge in [0.15, 0.2) is 0 Å². The van der Waals surface area contributed by atoms with Crippen molar-refractivity contribution in [2.75, 3.05) is 26.2 Å². The first kappa shape index (κ1) is 17.6. The van der Waals surface area contributed by atoms with Crippen LogP contribution in [0, 0.1) is 5.92 Å². The number of nitrogens with one attached hydrogen (secondary N) is 1. The predicted molar refractivity (Wildman–Crippen MR) is 99.1 cm³/mol. The molecule has 0 spiro atoms. The summed E-state index contributed by atoms with van der Waals surface area (Å²) < 4.78 is 27.8. The van der Waals surface area contributed by atoms with E-state index in [0.29, 0.717) is 17.9 Å². The van der Waals surface area contributed by atoms with Crippen molar-refractivity contribution in [3.63, 3.8) is 0 Å². The average Bonchev–Trinajstić information content (AvgIpc) is 2.58. The van der Waals surface area contributed by atoms with Crippen LogP contribution in [0.4, 0.5) is 0 Å². The second kappa shape index (κ2) is 7.81. The highest BCUT2D eigenvalue weighted by Gasteiger charge is 2.21. The Hall–Kier alpha value is -1.17. The third-order valence-corrected chi connectivity index (χ3v) is 6.64. The van der Waals surface area contributed by atoms with Crippen molar-refractivity contribution in [3.8, 4) is 0 Å². The SMILES string of the molecule is C[C@H]1CCCN(CCCNS(=O)(=O)C2=Cc3ccccc3CC2)C1. The molecule has 3 rings (SSSR count). The van der Waals surface area contributed by atoms with Crippen LogP contribution in [0.2, 0.25) is 0 Å². The van der Waals surface area contributed by atoms with Gasteiger partial charge in [-0.15, -0.1) is 0 Å². The summed E-state index contributed by atoms with van der Waals surface area (Å²) in [5, 5.41) is 0. The van der Waals surface area contributed by atoms with E-state index in [0.717, 1.165) is 44.0 Å². The number of nitrogens with zero attached hydrogens (tertiary/aromatic N) is 1. The molecular formula is C19H28N2O2S. The molecule has 1 aromatic carbocycles. The van der Waals surface area contributed by atoms with Gasteiger partial charge in [-0.1, -0.05) is 31.2 Å². The highest BCUT2D eigenvalue weighted by molar-refractivity contribution is 7.93. The molecule has 1 N–H and O–H groups in total. The molecule has 1 atom stereocenters. The van der Waals surface area contributed by atoms with Crippen molar-refractivity contribution < 1.29 is 8.42 Å². The van der Waals surface area contributed by atoms with Gasteiger partial charge >= 0.3 is 0 Å². The normalized spacial score (nSPS) is 22.0. The van der Waals surface area contributed by atoms with E-state index in [1.807, 2.05) is 24.3 Å². The zero-order chi connectivity index (χ0) is 17.0. The molecule has 1 saturated heterocycles. The third kappa shape index (κ3) is 4.47. The van der Waals surface area contributed by atoms with Crippen LogP contribution >= 0.6 is 0 Å². The Kier molecular flexibility index (Phi) is 5.74. The lowest BCUT2D eigenvalue weighted by atomic mass is 9.98. The van der Waals surface area contributed by atoms with Gasteiger partial charge in [0.05, 0.1) is 4.91 Å². The standard InChI is InChI=1S/C19H28N2O2S/c1-16-6-4-12-21(15-16)13-5-11-20-24(22,23)19-10-9-17-7-2-3-8-18(17)14-19/h2-3,7-8,14,16,20H,4-6,9-13,15H2,1H3/t16-/m0/s1. The highest BCUT2D eigenvalue weighted by atomic mass is 32.2. The molecule has 0 aromatic heterocycles. The summed E-state index contributed by atoms with van der Waals surface area (Å²) in [5.74, 6) is 0.767. The third-order valence-electron chi connectivity index (χ3n) is 5.04. The Balaban J connectivity index is 1.51. The monoisotopic (exact) mass is 348 g/mol.